The number of nitrogens with two attached hydrogens (primary N) is 1. The van der Waals surface area contributed by atoms with Crippen LogP contribution in [0.2, 0.25) is 0 Å². The van der Waals surface area contributed by atoms with Gasteiger partial charge in [-0.25, -0.2) is 9.18 Å². The maximum atomic E-state index is 13.7. The van der Waals surface area contributed by atoms with Crippen molar-refractivity contribution >= 4 is 11.7 Å². The SMILES string of the molecule is COC(=O)c1cc(-c2c(C#N)cnn2C)c(N)cc1F. The van der Waals surface area contributed by atoms with E-state index in [1.807, 2.05) is 6.07 Å². The Labute approximate surface area is 114 Å². The number of esters is 1. The molecule has 1 heterocycles. The lowest BCUT2D eigenvalue weighted by Crippen LogP contribution is -2.07. The smallest absolute Gasteiger partial charge is 0.340 e. The minimum absolute atomic E-state index is 0.107. The molecular weight excluding hydrogens is 263 g/mol. The molecule has 2 aromatic rings. The molecule has 0 amide bonds. The maximum Gasteiger partial charge on any atom is 0.340 e. The molecule has 20 heavy (non-hydrogen) atoms. The fourth-order valence-corrected chi connectivity index (χ4v) is 1.90. The van der Waals surface area contributed by atoms with Gasteiger partial charge in [-0.2, -0.15) is 10.4 Å². The number of aryl methyl sites for hydroxylation is 1. The highest BCUT2D eigenvalue weighted by Crippen LogP contribution is 2.30. The fraction of sp³-hybridized carbons (Fsp3) is 0.154. The summed E-state index contributed by atoms with van der Waals surface area (Å²) in [5.41, 5.74) is 6.67. The Morgan fingerprint density at radius 2 is 2.25 bits per heavy atom. The second-order valence-corrected chi connectivity index (χ2v) is 4.05. The summed E-state index contributed by atoms with van der Waals surface area (Å²) in [6.07, 6.45) is 1.37. The maximum absolute atomic E-state index is 13.7. The van der Waals surface area contributed by atoms with Gasteiger partial charge in [-0.3, -0.25) is 4.68 Å². The highest BCUT2D eigenvalue weighted by atomic mass is 19.1. The molecule has 1 aromatic heterocycles. The van der Waals surface area contributed by atoms with E-state index in [1.54, 1.807) is 7.05 Å². The summed E-state index contributed by atoms with van der Waals surface area (Å²) in [7, 11) is 2.78. The van der Waals surface area contributed by atoms with Crippen LogP contribution in [-0.4, -0.2) is 22.9 Å². The molecule has 0 aliphatic heterocycles. The van der Waals surface area contributed by atoms with E-state index < -0.39 is 11.8 Å². The predicted molar refractivity (Wildman–Crippen MR) is 69.1 cm³/mol. The third-order valence-corrected chi connectivity index (χ3v) is 2.86. The van der Waals surface area contributed by atoms with Gasteiger partial charge >= 0.3 is 5.97 Å². The van der Waals surface area contributed by atoms with E-state index in [0.717, 1.165) is 13.2 Å². The number of anilines is 1. The minimum atomic E-state index is -0.815. The van der Waals surface area contributed by atoms with Crippen molar-refractivity contribution < 1.29 is 13.9 Å². The summed E-state index contributed by atoms with van der Waals surface area (Å²) in [6, 6.07) is 4.25. The van der Waals surface area contributed by atoms with Gasteiger partial charge in [-0.05, 0) is 12.1 Å². The molecule has 0 aliphatic rings. The van der Waals surface area contributed by atoms with Crippen LogP contribution in [0, 0.1) is 17.1 Å². The molecule has 0 unspecified atom stereocenters. The minimum Gasteiger partial charge on any atom is -0.465 e. The molecule has 2 rings (SSSR count). The number of ether oxygens (including phenoxy) is 1. The molecule has 0 spiro atoms. The van der Waals surface area contributed by atoms with E-state index >= 15 is 0 Å². The van der Waals surface area contributed by atoms with E-state index in [0.29, 0.717) is 11.3 Å². The number of methoxy groups -OCH3 is 1. The molecule has 2 N–H and O–H groups in total. The Balaban J connectivity index is 2.72. The summed E-state index contributed by atoms with van der Waals surface area (Å²) >= 11 is 0. The van der Waals surface area contributed by atoms with Gasteiger partial charge in [0.1, 0.15) is 11.9 Å². The zero-order valence-corrected chi connectivity index (χ0v) is 10.8. The summed E-state index contributed by atoms with van der Waals surface area (Å²) in [5.74, 6) is -1.59. The normalized spacial score (nSPS) is 10.1. The van der Waals surface area contributed by atoms with Gasteiger partial charge in [0, 0.05) is 18.3 Å². The lowest BCUT2D eigenvalue weighted by molar-refractivity contribution is 0.0595. The summed E-state index contributed by atoms with van der Waals surface area (Å²) in [4.78, 5) is 11.5. The van der Waals surface area contributed by atoms with Crippen LogP contribution in [-0.2, 0) is 11.8 Å². The molecular formula is C13H11FN4O2. The van der Waals surface area contributed by atoms with Crippen LogP contribution in [0.3, 0.4) is 0 Å². The van der Waals surface area contributed by atoms with Crippen molar-refractivity contribution in [2.45, 2.75) is 0 Å². The number of hydrogen-bond donors (Lipinski definition) is 1. The van der Waals surface area contributed by atoms with Gasteiger partial charge in [0.2, 0.25) is 0 Å². The van der Waals surface area contributed by atoms with Crippen LogP contribution in [0.25, 0.3) is 11.3 Å². The van der Waals surface area contributed by atoms with Crippen molar-refractivity contribution in [1.29, 1.82) is 5.26 Å². The molecule has 0 aliphatic carbocycles. The molecule has 102 valence electrons. The van der Waals surface area contributed by atoms with Crippen molar-refractivity contribution in [3.05, 3.63) is 35.3 Å². The highest BCUT2D eigenvalue weighted by molar-refractivity contribution is 5.93. The van der Waals surface area contributed by atoms with Gasteiger partial charge in [0.05, 0.1) is 30.1 Å². The Bertz CT molecular complexity index is 731. The number of carbonyl (C=O) groups is 1. The number of aromatic nitrogens is 2. The topological polar surface area (TPSA) is 93.9 Å². The van der Waals surface area contributed by atoms with Gasteiger partial charge in [-0.1, -0.05) is 0 Å². The van der Waals surface area contributed by atoms with Crippen LogP contribution in [0.1, 0.15) is 15.9 Å². The first kappa shape index (κ1) is 13.5. The number of benzene rings is 1. The second kappa shape index (κ2) is 5.01. The van der Waals surface area contributed by atoms with Gasteiger partial charge in [0.25, 0.3) is 0 Å². The quantitative estimate of drug-likeness (QED) is 0.661. The van der Waals surface area contributed by atoms with Crippen LogP contribution >= 0.6 is 0 Å². The molecule has 0 radical (unpaired) electrons. The first-order valence-corrected chi connectivity index (χ1v) is 5.59. The van der Waals surface area contributed by atoms with E-state index in [-0.39, 0.29) is 16.8 Å². The zero-order valence-electron chi connectivity index (χ0n) is 10.8. The summed E-state index contributed by atoms with van der Waals surface area (Å²) < 4.78 is 19.7. The van der Waals surface area contributed by atoms with E-state index in [2.05, 4.69) is 9.84 Å². The molecule has 0 saturated carbocycles. The van der Waals surface area contributed by atoms with Gasteiger partial charge < -0.3 is 10.5 Å². The lowest BCUT2D eigenvalue weighted by Gasteiger charge is -2.10. The van der Waals surface area contributed by atoms with E-state index in [1.165, 1.54) is 16.9 Å². The molecule has 6 nitrogen and oxygen atoms in total. The third-order valence-electron chi connectivity index (χ3n) is 2.86. The monoisotopic (exact) mass is 274 g/mol. The van der Waals surface area contributed by atoms with Crippen molar-refractivity contribution in [2.24, 2.45) is 7.05 Å². The number of rotatable bonds is 2. The first-order chi connectivity index (χ1) is 9.49. The van der Waals surface area contributed by atoms with Crippen LogP contribution in [0.4, 0.5) is 10.1 Å². The van der Waals surface area contributed by atoms with Crippen LogP contribution < -0.4 is 5.73 Å². The van der Waals surface area contributed by atoms with Crippen LogP contribution in [0.5, 0.6) is 0 Å². The van der Waals surface area contributed by atoms with Gasteiger partial charge in [-0.15, -0.1) is 0 Å². The number of carbonyl (C=O) groups excluding carboxylic acids is 1. The Kier molecular flexibility index (Phi) is 3.39. The largest absolute Gasteiger partial charge is 0.465 e. The summed E-state index contributed by atoms with van der Waals surface area (Å²) in [5, 5.41) is 13.0. The number of hydrogen-bond acceptors (Lipinski definition) is 5. The lowest BCUT2D eigenvalue weighted by atomic mass is 10.0. The number of nitrogen functional groups attached to an aromatic ring is 1. The molecule has 0 saturated heterocycles. The number of nitrogens with zero attached hydrogens (tertiary/aromatic N) is 3. The standard InChI is InChI=1S/C13H11FN4O2/c1-18-12(7(5-15)6-17-18)9-3-8(13(19)20-2)10(14)4-11(9)16/h3-4,6H,16H2,1-2H3. The Morgan fingerprint density at radius 1 is 1.55 bits per heavy atom. The fourth-order valence-electron chi connectivity index (χ4n) is 1.90. The average molecular weight is 274 g/mol. The molecule has 0 atom stereocenters. The Hall–Kier alpha value is -2.88. The van der Waals surface area contributed by atoms with Crippen LogP contribution in [0.15, 0.2) is 18.3 Å². The molecule has 7 heteroatoms. The molecule has 1 aromatic carbocycles. The zero-order chi connectivity index (χ0) is 14.9. The number of nitriles is 1. The molecule has 0 bridgehead atoms. The Morgan fingerprint density at radius 3 is 2.85 bits per heavy atom. The van der Waals surface area contributed by atoms with Crippen molar-refractivity contribution in [1.82, 2.24) is 9.78 Å². The highest BCUT2D eigenvalue weighted by Gasteiger charge is 2.20. The second-order valence-electron chi connectivity index (χ2n) is 4.05. The van der Waals surface area contributed by atoms with E-state index in [9.17, 15) is 9.18 Å². The van der Waals surface area contributed by atoms with E-state index in [4.69, 9.17) is 11.0 Å². The van der Waals surface area contributed by atoms with Crippen molar-refractivity contribution in [2.75, 3.05) is 12.8 Å². The average Bonchev–Trinajstić information content (AvgIpc) is 2.79. The van der Waals surface area contributed by atoms with Crippen molar-refractivity contribution in [3.63, 3.8) is 0 Å². The van der Waals surface area contributed by atoms with Crippen molar-refractivity contribution in [3.8, 4) is 17.3 Å². The summed E-state index contributed by atoms with van der Waals surface area (Å²) in [6.45, 7) is 0. The first-order valence-electron chi connectivity index (χ1n) is 5.59. The molecule has 0 fully saturated rings. The number of halogens is 1. The van der Waals surface area contributed by atoms with Gasteiger partial charge in [0.15, 0.2) is 0 Å². The predicted octanol–water partition coefficient (Wildman–Crippen LogP) is 1.47. The third kappa shape index (κ3) is 2.07.